The van der Waals surface area contributed by atoms with E-state index in [1.807, 2.05) is 23.9 Å². The molecule has 1 aromatic carbocycles. The zero-order valence-corrected chi connectivity index (χ0v) is 20.6. The second kappa shape index (κ2) is 10.9. The predicted molar refractivity (Wildman–Crippen MR) is 126 cm³/mol. The van der Waals surface area contributed by atoms with Crippen molar-refractivity contribution in [1.82, 2.24) is 14.5 Å². The summed E-state index contributed by atoms with van der Waals surface area (Å²) < 4.78 is 26.3. The molecule has 1 aromatic rings. The maximum atomic E-state index is 12.5. The van der Waals surface area contributed by atoms with Gasteiger partial charge in [0.05, 0.1) is 4.90 Å². The lowest BCUT2D eigenvalue weighted by Gasteiger charge is -2.36. The van der Waals surface area contributed by atoms with Crippen LogP contribution in [-0.4, -0.2) is 68.8 Å². The molecule has 1 aliphatic heterocycles. The molecule has 0 radical (unpaired) electrons. The van der Waals surface area contributed by atoms with Gasteiger partial charge in [-0.25, -0.2) is 12.7 Å². The van der Waals surface area contributed by atoms with Crippen molar-refractivity contribution in [2.24, 2.45) is 10.9 Å². The fourth-order valence-electron chi connectivity index (χ4n) is 2.88. The summed E-state index contributed by atoms with van der Waals surface area (Å²) in [4.78, 5) is 7.01. The average molecular weight is 527 g/mol. The summed E-state index contributed by atoms with van der Waals surface area (Å²) in [5.74, 6) is 2.52. The van der Waals surface area contributed by atoms with Gasteiger partial charge in [-0.05, 0) is 17.5 Å². The Morgan fingerprint density at radius 1 is 1.37 bits per heavy atom. The van der Waals surface area contributed by atoms with Crippen molar-refractivity contribution in [3.63, 3.8) is 0 Å². The van der Waals surface area contributed by atoms with Gasteiger partial charge in [-0.15, -0.1) is 24.0 Å². The Hall–Kier alpha value is -0.520. The Balaban J connectivity index is 0.00000364. The van der Waals surface area contributed by atoms with Crippen LogP contribution < -0.4 is 5.32 Å². The van der Waals surface area contributed by atoms with Crippen LogP contribution >= 0.6 is 35.7 Å². The maximum absolute atomic E-state index is 12.5. The van der Waals surface area contributed by atoms with E-state index >= 15 is 0 Å². The summed E-state index contributed by atoms with van der Waals surface area (Å²) >= 11 is 2.02. The minimum Gasteiger partial charge on any atom is -0.352 e. The van der Waals surface area contributed by atoms with Crippen LogP contribution in [-0.2, 0) is 16.6 Å². The molecular formula is C18H31IN4O2S2. The van der Waals surface area contributed by atoms with Gasteiger partial charge in [0.1, 0.15) is 0 Å². The number of halogens is 1. The third-order valence-electron chi connectivity index (χ3n) is 4.52. The molecule has 1 aliphatic rings. The number of hydrogen-bond donors (Lipinski definition) is 1. The molecule has 1 saturated heterocycles. The summed E-state index contributed by atoms with van der Waals surface area (Å²) in [6.45, 7) is 6.83. The molecule has 0 spiro atoms. The molecule has 0 aliphatic carbocycles. The van der Waals surface area contributed by atoms with E-state index in [1.54, 1.807) is 33.3 Å². The first-order valence-electron chi connectivity index (χ1n) is 8.85. The molecule has 0 saturated carbocycles. The summed E-state index contributed by atoms with van der Waals surface area (Å²) in [6, 6.07) is 7.12. The molecule has 1 N–H and O–H groups in total. The Morgan fingerprint density at radius 3 is 2.63 bits per heavy atom. The normalized spacial score (nSPS) is 18.6. The van der Waals surface area contributed by atoms with Gasteiger partial charge in [-0.3, -0.25) is 4.99 Å². The van der Waals surface area contributed by atoms with E-state index in [9.17, 15) is 8.42 Å². The van der Waals surface area contributed by atoms with Gasteiger partial charge in [-0.2, -0.15) is 11.8 Å². The number of sulfonamides is 1. The highest BCUT2D eigenvalue weighted by molar-refractivity contribution is 14.0. The van der Waals surface area contributed by atoms with Gasteiger partial charge >= 0.3 is 0 Å². The minimum absolute atomic E-state index is 0. The van der Waals surface area contributed by atoms with Crippen molar-refractivity contribution >= 4 is 51.7 Å². The molecular weight excluding hydrogens is 495 g/mol. The van der Waals surface area contributed by atoms with Gasteiger partial charge in [0.2, 0.25) is 10.0 Å². The molecule has 1 heterocycles. The lowest BCUT2D eigenvalue weighted by molar-refractivity contribution is 0.380. The fourth-order valence-corrected chi connectivity index (χ4v) is 5.29. The third-order valence-corrected chi connectivity index (χ3v) is 7.97. The smallest absolute Gasteiger partial charge is 0.242 e. The number of nitrogens with one attached hydrogen (secondary N) is 1. The monoisotopic (exact) mass is 526 g/mol. The highest BCUT2D eigenvalue weighted by Gasteiger charge is 2.25. The van der Waals surface area contributed by atoms with Crippen molar-refractivity contribution in [1.29, 1.82) is 0 Å². The molecule has 1 unspecified atom stereocenters. The molecule has 9 heteroatoms. The van der Waals surface area contributed by atoms with Gasteiger partial charge in [0.15, 0.2) is 5.96 Å². The molecule has 2 rings (SSSR count). The van der Waals surface area contributed by atoms with E-state index in [1.165, 1.54) is 4.31 Å². The van der Waals surface area contributed by atoms with Crippen LogP contribution in [0.2, 0.25) is 0 Å². The van der Waals surface area contributed by atoms with Crippen LogP contribution in [0.1, 0.15) is 19.4 Å². The van der Waals surface area contributed by atoms with Crippen LogP contribution in [0.4, 0.5) is 0 Å². The Kier molecular flexibility index (Phi) is 9.87. The van der Waals surface area contributed by atoms with Crippen molar-refractivity contribution in [2.45, 2.75) is 30.5 Å². The lowest BCUT2D eigenvalue weighted by Crippen LogP contribution is -2.48. The zero-order chi connectivity index (χ0) is 19.3. The second-order valence-electron chi connectivity index (χ2n) is 6.90. The van der Waals surface area contributed by atoms with Crippen molar-refractivity contribution in [3.05, 3.63) is 29.8 Å². The van der Waals surface area contributed by atoms with Crippen LogP contribution in [0.5, 0.6) is 0 Å². The van der Waals surface area contributed by atoms with Crippen molar-refractivity contribution < 1.29 is 8.42 Å². The van der Waals surface area contributed by atoms with Crippen LogP contribution in [0.3, 0.4) is 0 Å². The second-order valence-corrected chi connectivity index (χ2v) is 10.4. The Bertz CT molecular complexity index is 739. The molecule has 0 bridgehead atoms. The third kappa shape index (κ3) is 6.23. The molecule has 0 amide bonds. The number of rotatable bonds is 5. The molecule has 1 fully saturated rings. The molecule has 27 heavy (non-hydrogen) atoms. The van der Waals surface area contributed by atoms with E-state index in [4.69, 9.17) is 0 Å². The summed E-state index contributed by atoms with van der Waals surface area (Å²) in [6.07, 6.45) is 0. The van der Waals surface area contributed by atoms with Gasteiger partial charge < -0.3 is 10.2 Å². The fraction of sp³-hybridized carbons (Fsp3) is 0.611. The van der Waals surface area contributed by atoms with E-state index in [0.717, 1.165) is 30.4 Å². The summed E-state index contributed by atoms with van der Waals surface area (Å²) in [5, 5.41) is 3.94. The largest absolute Gasteiger partial charge is 0.352 e. The summed E-state index contributed by atoms with van der Waals surface area (Å²) in [5.41, 5.74) is 0.745. The Labute approximate surface area is 185 Å². The van der Waals surface area contributed by atoms with E-state index in [2.05, 4.69) is 29.1 Å². The summed E-state index contributed by atoms with van der Waals surface area (Å²) in [7, 11) is 1.41. The Morgan fingerprint density at radius 2 is 2.04 bits per heavy atom. The first-order chi connectivity index (χ1) is 12.3. The number of nitrogens with zero attached hydrogens (tertiary/aromatic N) is 3. The topological polar surface area (TPSA) is 65.0 Å². The highest BCUT2D eigenvalue weighted by atomic mass is 127. The molecule has 6 nitrogen and oxygen atoms in total. The molecule has 154 valence electrons. The molecule has 0 aromatic heterocycles. The van der Waals surface area contributed by atoms with E-state index in [-0.39, 0.29) is 24.0 Å². The number of benzene rings is 1. The van der Waals surface area contributed by atoms with Crippen LogP contribution in [0.25, 0.3) is 0 Å². The SMILES string of the molecule is CN=C(NCc1ccccc1S(=O)(=O)N(C)C)N1CCSC(C(C)C)C1.I. The number of guanidine groups is 1. The number of hydrogen-bond acceptors (Lipinski definition) is 4. The quantitative estimate of drug-likeness (QED) is 0.363. The lowest BCUT2D eigenvalue weighted by atomic mass is 10.1. The maximum Gasteiger partial charge on any atom is 0.242 e. The van der Waals surface area contributed by atoms with Crippen LogP contribution in [0, 0.1) is 5.92 Å². The standard InChI is InChI=1S/C18H30N4O2S2.HI/c1-14(2)16-13-22(10-11-25-16)18(19-3)20-12-15-8-6-7-9-17(15)26(23,24)21(4)5;/h6-9,14,16H,10-13H2,1-5H3,(H,19,20);1H. The predicted octanol–water partition coefficient (Wildman–Crippen LogP) is 2.70. The van der Waals surface area contributed by atoms with Gasteiger partial charge in [-0.1, -0.05) is 32.0 Å². The average Bonchev–Trinajstić information content (AvgIpc) is 2.62. The highest BCUT2D eigenvalue weighted by Crippen LogP contribution is 2.25. The first kappa shape index (κ1) is 24.5. The van der Waals surface area contributed by atoms with Gasteiger partial charge in [0, 0.05) is 51.8 Å². The number of thioether (sulfide) groups is 1. The van der Waals surface area contributed by atoms with Crippen LogP contribution in [0.15, 0.2) is 34.2 Å². The van der Waals surface area contributed by atoms with Crippen molar-refractivity contribution in [2.75, 3.05) is 40.0 Å². The van der Waals surface area contributed by atoms with Crippen molar-refractivity contribution in [3.8, 4) is 0 Å². The van der Waals surface area contributed by atoms with Gasteiger partial charge in [0.25, 0.3) is 0 Å². The zero-order valence-electron chi connectivity index (χ0n) is 16.7. The van der Waals surface area contributed by atoms with E-state index < -0.39 is 10.0 Å². The van der Waals surface area contributed by atoms with E-state index in [0.29, 0.717) is 22.6 Å². The number of aliphatic imine (C=N–C) groups is 1. The minimum atomic E-state index is -3.47. The first-order valence-corrected chi connectivity index (χ1v) is 11.3. The molecule has 1 atom stereocenters.